The minimum Gasteiger partial charge on any atom is -0.480 e. The Hall–Kier alpha value is -2.71. The number of aromatic nitrogens is 1. The number of rotatable bonds is 9. The molecule has 1 amide bonds. The molecule has 1 heterocycles. The number of thiol groups is 1. The van der Waals surface area contributed by atoms with E-state index >= 15 is 0 Å². The van der Waals surface area contributed by atoms with Crippen LogP contribution in [0.4, 0.5) is 4.39 Å². The first-order valence-corrected chi connectivity index (χ1v) is 10.9. The molecule has 2 aromatic carbocycles. The summed E-state index contributed by atoms with van der Waals surface area (Å²) in [7, 11) is 0. The molecule has 156 valence electrons. The third-order valence-corrected chi connectivity index (χ3v) is 5.97. The largest absolute Gasteiger partial charge is 0.480 e. The van der Waals surface area contributed by atoms with E-state index in [2.05, 4.69) is 22.9 Å². The van der Waals surface area contributed by atoms with E-state index in [9.17, 15) is 19.1 Å². The first-order chi connectivity index (χ1) is 14.5. The molecule has 0 aliphatic rings. The molecule has 3 rings (SSSR count). The summed E-state index contributed by atoms with van der Waals surface area (Å²) in [6.07, 6.45) is 2.01. The monoisotopic (exact) mass is 444 g/mol. The molecule has 1 aromatic heterocycles. The van der Waals surface area contributed by atoms with E-state index in [-0.39, 0.29) is 18.6 Å². The van der Waals surface area contributed by atoms with Gasteiger partial charge in [0.2, 0.25) is 5.91 Å². The number of benzene rings is 2. The predicted molar refractivity (Wildman–Crippen MR) is 118 cm³/mol. The fraction of sp³-hybridized carbons (Fsp3) is 0.227. The fourth-order valence-corrected chi connectivity index (χ4v) is 3.98. The third kappa shape index (κ3) is 5.67. The lowest BCUT2D eigenvalue weighted by atomic mass is 9.98. The van der Waals surface area contributed by atoms with Crippen LogP contribution in [0.15, 0.2) is 60.1 Å². The molecule has 0 aliphatic carbocycles. The molecule has 3 aromatic rings. The maximum absolute atomic E-state index is 13.9. The van der Waals surface area contributed by atoms with E-state index < -0.39 is 29.7 Å². The topological polar surface area (TPSA) is 79.3 Å². The summed E-state index contributed by atoms with van der Waals surface area (Å²) in [4.78, 5) is 28.6. The van der Waals surface area contributed by atoms with Gasteiger partial charge in [-0.3, -0.25) is 4.79 Å². The van der Waals surface area contributed by atoms with Crippen molar-refractivity contribution >= 4 is 35.8 Å². The van der Waals surface area contributed by atoms with E-state index in [1.54, 1.807) is 24.4 Å². The van der Waals surface area contributed by atoms with Crippen molar-refractivity contribution in [2.75, 3.05) is 5.75 Å². The summed E-state index contributed by atoms with van der Waals surface area (Å²) >= 11 is 5.72. The van der Waals surface area contributed by atoms with Crippen LogP contribution in [0.25, 0.3) is 10.6 Å². The molecule has 2 N–H and O–H groups in total. The number of hydrogen-bond donors (Lipinski definition) is 3. The van der Waals surface area contributed by atoms with Gasteiger partial charge in [0.15, 0.2) is 0 Å². The van der Waals surface area contributed by atoms with Gasteiger partial charge in [-0.15, -0.1) is 11.3 Å². The van der Waals surface area contributed by atoms with E-state index in [4.69, 9.17) is 0 Å². The van der Waals surface area contributed by atoms with Gasteiger partial charge in [0.05, 0.1) is 5.92 Å². The molecule has 0 radical (unpaired) electrons. The van der Waals surface area contributed by atoms with Crippen molar-refractivity contribution in [3.05, 3.63) is 77.1 Å². The second-order valence-electron chi connectivity index (χ2n) is 6.81. The highest BCUT2D eigenvalue weighted by atomic mass is 32.1. The minimum atomic E-state index is -1.13. The third-order valence-electron chi connectivity index (χ3n) is 4.70. The lowest BCUT2D eigenvalue weighted by Gasteiger charge is -2.20. The zero-order valence-electron chi connectivity index (χ0n) is 16.0. The lowest BCUT2D eigenvalue weighted by Crippen LogP contribution is -2.45. The van der Waals surface area contributed by atoms with Crippen LogP contribution in [0.2, 0.25) is 0 Å². The van der Waals surface area contributed by atoms with Gasteiger partial charge in [-0.25, -0.2) is 14.2 Å². The Morgan fingerprint density at radius 1 is 1.13 bits per heavy atom. The standard InChI is InChI=1S/C22H21FN2O3S2/c23-18-4-2-1-3-16(18)12-17(13-29)20(26)25-19(22(27)28)11-14-5-7-15(8-6-14)21-24-9-10-30-21/h1-10,17,19,29H,11-13H2,(H,25,26)(H,27,28). The van der Waals surface area contributed by atoms with E-state index in [1.165, 1.54) is 17.4 Å². The van der Waals surface area contributed by atoms with Crippen molar-refractivity contribution in [1.82, 2.24) is 10.3 Å². The Morgan fingerprint density at radius 3 is 2.47 bits per heavy atom. The van der Waals surface area contributed by atoms with Crippen molar-refractivity contribution in [2.24, 2.45) is 5.92 Å². The number of halogens is 1. The first-order valence-electron chi connectivity index (χ1n) is 9.34. The van der Waals surface area contributed by atoms with Gasteiger partial charge >= 0.3 is 5.97 Å². The van der Waals surface area contributed by atoms with E-state index in [0.717, 1.165) is 16.1 Å². The van der Waals surface area contributed by atoms with Gasteiger partial charge in [0.25, 0.3) is 0 Å². The highest BCUT2D eigenvalue weighted by molar-refractivity contribution is 7.80. The Morgan fingerprint density at radius 2 is 1.87 bits per heavy atom. The van der Waals surface area contributed by atoms with Gasteiger partial charge in [-0.2, -0.15) is 12.6 Å². The second-order valence-corrected chi connectivity index (χ2v) is 8.07. The SMILES string of the molecule is O=C(NC(Cc1ccc(-c2nccs2)cc1)C(=O)O)C(CS)Cc1ccccc1F. The molecule has 0 saturated carbocycles. The molecule has 2 atom stereocenters. The van der Waals surface area contributed by atoms with Crippen molar-refractivity contribution in [3.8, 4) is 10.6 Å². The van der Waals surface area contributed by atoms with E-state index in [1.807, 2.05) is 29.6 Å². The molecule has 0 bridgehead atoms. The van der Waals surface area contributed by atoms with Crippen LogP contribution in [-0.4, -0.2) is 33.8 Å². The van der Waals surface area contributed by atoms with Crippen LogP contribution in [0.1, 0.15) is 11.1 Å². The number of amides is 1. The average Bonchev–Trinajstić information content (AvgIpc) is 3.28. The van der Waals surface area contributed by atoms with Crippen LogP contribution in [0, 0.1) is 11.7 Å². The summed E-state index contributed by atoms with van der Waals surface area (Å²) in [5, 5.41) is 14.9. The summed E-state index contributed by atoms with van der Waals surface area (Å²) in [6, 6.07) is 12.5. The van der Waals surface area contributed by atoms with Crippen LogP contribution in [0.3, 0.4) is 0 Å². The number of carbonyl (C=O) groups is 2. The summed E-state index contributed by atoms with van der Waals surface area (Å²) in [5.74, 6) is -2.45. The molecule has 8 heteroatoms. The zero-order chi connectivity index (χ0) is 21.5. The summed E-state index contributed by atoms with van der Waals surface area (Å²) in [6.45, 7) is 0. The summed E-state index contributed by atoms with van der Waals surface area (Å²) < 4.78 is 13.9. The maximum atomic E-state index is 13.9. The molecule has 0 spiro atoms. The number of nitrogens with zero attached hydrogens (tertiary/aromatic N) is 1. The lowest BCUT2D eigenvalue weighted by molar-refractivity contribution is -0.142. The average molecular weight is 445 g/mol. The molecular weight excluding hydrogens is 423 g/mol. The zero-order valence-corrected chi connectivity index (χ0v) is 17.7. The van der Waals surface area contributed by atoms with Gasteiger partial charge in [0.1, 0.15) is 16.9 Å². The molecule has 30 heavy (non-hydrogen) atoms. The molecule has 2 unspecified atom stereocenters. The van der Waals surface area contributed by atoms with Gasteiger partial charge in [-0.1, -0.05) is 42.5 Å². The Bertz CT molecular complexity index is 994. The molecule has 0 aliphatic heterocycles. The molecule has 5 nitrogen and oxygen atoms in total. The smallest absolute Gasteiger partial charge is 0.326 e. The van der Waals surface area contributed by atoms with Crippen LogP contribution >= 0.6 is 24.0 Å². The van der Waals surface area contributed by atoms with Gasteiger partial charge in [0, 0.05) is 29.3 Å². The Kier molecular flexibility index (Phi) is 7.59. The quantitative estimate of drug-likeness (QED) is 0.438. The first kappa shape index (κ1) is 22.0. The van der Waals surface area contributed by atoms with Crippen LogP contribution in [0.5, 0.6) is 0 Å². The number of thiazole rings is 1. The van der Waals surface area contributed by atoms with Crippen molar-refractivity contribution in [1.29, 1.82) is 0 Å². The van der Waals surface area contributed by atoms with Crippen LogP contribution < -0.4 is 5.32 Å². The molecule has 0 saturated heterocycles. The number of hydrogen-bond acceptors (Lipinski definition) is 5. The Balaban J connectivity index is 1.66. The van der Waals surface area contributed by atoms with Gasteiger partial charge in [-0.05, 0) is 23.6 Å². The predicted octanol–water partition coefficient (Wildman–Crippen LogP) is 3.85. The number of nitrogens with one attached hydrogen (secondary N) is 1. The van der Waals surface area contributed by atoms with E-state index in [0.29, 0.717) is 5.56 Å². The van der Waals surface area contributed by atoms with Crippen molar-refractivity contribution < 1.29 is 19.1 Å². The Labute approximate surface area is 183 Å². The number of aliphatic carboxylic acids is 1. The van der Waals surface area contributed by atoms with Crippen LogP contribution in [-0.2, 0) is 22.4 Å². The van der Waals surface area contributed by atoms with Crippen molar-refractivity contribution in [3.63, 3.8) is 0 Å². The highest BCUT2D eigenvalue weighted by Gasteiger charge is 2.25. The second kappa shape index (κ2) is 10.4. The van der Waals surface area contributed by atoms with Gasteiger partial charge < -0.3 is 10.4 Å². The molecular formula is C22H21FN2O3S2. The summed E-state index contributed by atoms with van der Waals surface area (Å²) in [5.41, 5.74) is 2.13. The normalized spacial score (nSPS) is 12.9. The maximum Gasteiger partial charge on any atom is 0.326 e. The molecule has 0 fully saturated rings. The minimum absolute atomic E-state index is 0.137. The number of carboxylic acids is 1. The number of carboxylic acid groups (broad SMARTS) is 1. The van der Waals surface area contributed by atoms with Crippen molar-refractivity contribution in [2.45, 2.75) is 18.9 Å². The highest BCUT2D eigenvalue weighted by Crippen LogP contribution is 2.22. The number of carbonyl (C=O) groups excluding carboxylic acids is 1. The fourth-order valence-electron chi connectivity index (χ4n) is 3.04.